The number of ether oxygens (including phenoxy) is 2. The van der Waals surface area contributed by atoms with Crippen LogP contribution in [0.4, 0.5) is 0 Å². The second-order valence-corrected chi connectivity index (χ2v) is 3.87. The van der Waals surface area contributed by atoms with Gasteiger partial charge in [0.15, 0.2) is 11.3 Å². The Morgan fingerprint density at radius 3 is 2.52 bits per heavy atom. The predicted molar refractivity (Wildman–Crippen MR) is 69.6 cm³/mol. The van der Waals surface area contributed by atoms with Crippen molar-refractivity contribution in [2.24, 2.45) is 0 Å². The Morgan fingerprint density at radius 1 is 1.24 bits per heavy atom. The van der Waals surface area contributed by atoms with Crippen molar-refractivity contribution >= 4 is 17.6 Å². The summed E-state index contributed by atoms with van der Waals surface area (Å²) < 4.78 is 10.9. The van der Waals surface area contributed by atoms with Gasteiger partial charge >= 0.3 is 11.9 Å². The van der Waals surface area contributed by atoms with E-state index >= 15 is 0 Å². The summed E-state index contributed by atoms with van der Waals surface area (Å²) in [7, 11) is 0. The molecule has 108 valence electrons. The van der Waals surface area contributed by atoms with Gasteiger partial charge in [-0.25, -0.2) is 19.1 Å². The molecular formula is C13H12N4O4. The van der Waals surface area contributed by atoms with Crippen LogP contribution in [0.25, 0.3) is 5.65 Å². The molecule has 21 heavy (non-hydrogen) atoms. The number of esters is 2. The lowest BCUT2D eigenvalue weighted by atomic mass is 10.2. The minimum atomic E-state index is -0.736. The maximum atomic E-state index is 12.1. The molecule has 0 aromatic carbocycles. The Kier molecular flexibility index (Phi) is 4.13. The van der Waals surface area contributed by atoms with Crippen molar-refractivity contribution in [1.29, 1.82) is 5.26 Å². The molecule has 0 aliphatic rings. The smallest absolute Gasteiger partial charge is 0.358 e. The molecule has 0 fully saturated rings. The third kappa shape index (κ3) is 2.53. The van der Waals surface area contributed by atoms with Crippen molar-refractivity contribution in [3.05, 3.63) is 29.2 Å². The van der Waals surface area contributed by atoms with Crippen molar-refractivity contribution in [3.8, 4) is 6.07 Å². The molecule has 0 bridgehead atoms. The third-order valence-corrected chi connectivity index (χ3v) is 2.61. The monoisotopic (exact) mass is 288 g/mol. The Labute approximate surface area is 119 Å². The summed E-state index contributed by atoms with van der Waals surface area (Å²) in [4.78, 5) is 28.0. The molecule has 0 radical (unpaired) electrons. The summed E-state index contributed by atoms with van der Waals surface area (Å²) in [5.74, 6) is -1.44. The molecule has 8 nitrogen and oxygen atoms in total. The van der Waals surface area contributed by atoms with E-state index in [4.69, 9.17) is 14.7 Å². The standard InChI is InChI=1S/C13H12N4O4/c1-3-20-12(18)9-7-15-11-8(5-14)6-16-17(11)10(9)13(19)21-4-2/h6-7H,3-4H2,1-2H3. The van der Waals surface area contributed by atoms with Crippen molar-refractivity contribution in [3.63, 3.8) is 0 Å². The highest BCUT2D eigenvalue weighted by Gasteiger charge is 2.25. The van der Waals surface area contributed by atoms with E-state index in [0.717, 1.165) is 4.52 Å². The van der Waals surface area contributed by atoms with E-state index in [2.05, 4.69) is 10.1 Å². The first-order chi connectivity index (χ1) is 10.1. The fraction of sp³-hybridized carbons (Fsp3) is 0.308. The zero-order valence-corrected chi connectivity index (χ0v) is 11.5. The highest BCUT2D eigenvalue weighted by Crippen LogP contribution is 2.16. The first-order valence-corrected chi connectivity index (χ1v) is 6.25. The number of carbonyl (C=O) groups is 2. The van der Waals surface area contributed by atoms with Crippen LogP contribution in [0.2, 0.25) is 0 Å². The molecule has 2 heterocycles. The Bertz CT molecular complexity index is 744. The summed E-state index contributed by atoms with van der Waals surface area (Å²) in [6.07, 6.45) is 2.45. The minimum Gasteiger partial charge on any atom is -0.462 e. The van der Waals surface area contributed by atoms with Crippen LogP contribution in [0.1, 0.15) is 40.3 Å². The van der Waals surface area contributed by atoms with Gasteiger partial charge in [0.1, 0.15) is 17.2 Å². The predicted octanol–water partition coefficient (Wildman–Crippen LogP) is 0.954. The highest BCUT2D eigenvalue weighted by atomic mass is 16.5. The molecule has 2 rings (SSSR count). The third-order valence-electron chi connectivity index (χ3n) is 2.61. The molecule has 0 amide bonds. The second kappa shape index (κ2) is 6.00. The van der Waals surface area contributed by atoms with Gasteiger partial charge in [0.25, 0.3) is 0 Å². The average molecular weight is 288 g/mol. The van der Waals surface area contributed by atoms with Crippen molar-refractivity contribution < 1.29 is 19.1 Å². The number of carbonyl (C=O) groups excluding carboxylic acids is 2. The molecule has 0 unspecified atom stereocenters. The number of nitriles is 1. The number of hydrogen-bond acceptors (Lipinski definition) is 7. The van der Waals surface area contributed by atoms with E-state index in [9.17, 15) is 9.59 Å². The summed E-state index contributed by atoms with van der Waals surface area (Å²) >= 11 is 0. The van der Waals surface area contributed by atoms with E-state index in [1.165, 1.54) is 12.4 Å². The Hall–Kier alpha value is -2.95. The molecule has 0 atom stereocenters. The maximum absolute atomic E-state index is 12.1. The molecule has 0 aliphatic carbocycles. The van der Waals surface area contributed by atoms with Gasteiger partial charge in [0, 0.05) is 6.20 Å². The molecule has 2 aromatic heterocycles. The van der Waals surface area contributed by atoms with Crippen LogP contribution in [0.3, 0.4) is 0 Å². The SMILES string of the molecule is CCOC(=O)c1cnc2c(C#N)cnn2c1C(=O)OCC. The first-order valence-electron chi connectivity index (χ1n) is 6.25. The van der Waals surface area contributed by atoms with Crippen LogP contribution in [-0.2, 0) is 9.47 Å². The zero-order valence-electron chi connectivity index (χ0n) is 11.5. The van der Waals surface area contributed by atoms with Gasteiger partial charge in [-0.15, -0.1) is 0 Å². The first kappa shape index (κ1) is 14.5. The Balaban J connectivity index is 2.69. The summed E-state index contributed by atoms with van der Waals surface area (Å²) in [5, 5.41) is 12.9. The lowest BCUT2D eigenvalue weighted by Crippen LogP contribution is -2.19. The zero-order chi connectivity index (χ0) is 15.4. The maximum Gasteiger partial charge on any atom is 0.358 e. The van der Waals surface area contributed by atoms with Gasteiger partial charge in [-0.1, -0.05) is 0 Å². The summed E-state index contributed by atoms with van der Waals surface area (Å²) in [6.45, 7) is 3.58. The topological polar surface area (TPSA) is 107 Å². The van der Waals surface area contributed by atoms with Crippen LogP contribution >= 0.6 is 0 Å². The lowest BCUT2D eigenvalue weighted by molar-refractivity contribution is 0.0470. The fourth-order valence-corrected chi connectivity index (χ4v) is 1.76. The van der Waals surface area contributed by atoms with Crippen molar-refractivity contribution in [2.75, 3.05) is 13.2 Å². The van der Waals surface area contributed by atoms with E-state index in [1.54, 1.807) is 13.8 Å². The van der Waals surface area contributed by atoms with Gasteiger partial charge in [-0.3, -0.25) is 0 Å². The second-order valence-electron chi connectivity index (χ2n) is 3.87. The molecule has 0 saturated heterocycles. The largest absolute Gasteiger partial charge is 0.462 e. The molecule has 0 saturated carbocycles. The van der Waals surface area contributed by atoms with Crippen molar-refractivity contribution in [1.82, 2.24) is 14.6 Å². The molecule has 2 aromatic rings. The quantitative estimate of drug-likeness (QED) is 0.771. The van der Waals surface area contributed by atoms with E-state index < -0.39 is 11.9 Å². The van der Waals surface area contributed by atoms with Gasteiger partial charge in [0.05, 0.1) is 19.4 Å². The number of rotatable bonds is 4. The Morgan fingerprint density at radius 2 is 1.90 bits per heavy atom. The number of hydrogen-bond donors (Lipinski definition) is 0. The minimum absolute atomic E-state index is 0.0598. The molecular weight excluding hydrogens is 276 g/mol. The van der Waals surface area contributed by atoms with Crippen LogP contribution in [0, 0.1) is 11.3 Å². The van der Waals surface area contributed by atoms with E-state index in [-0.39, 0.29) is 35.7 Å². The normalized spacial score (nSPS) is 10.1. The summed E-state index contributed by atoms with van der Waals surface area (Å²) in [6, 6.07) is 1.91. The van der Waals surface area contributed by atoms with Gasteiger partial charge < -0.3 is 9.47 Å². The van der Waals surface area contributed by atoms with Gasteiger partial charge in [-0.05, 0) is 13.8 Å². The van der Waals surface area contributed by atoms with Crippen LogP contribution < -0.4 is 0 Å². The van der Waals surface area contributed by atoms with Crippen LogP contribution in [0.15, 0.2) is 12.4 Å². The average Bonchev–Trinajstić information content (AvgIpc) is 2.89. The number of fused-ring (bicyclic) bond motifs is 1. The van der Waals surface area contributed by atoms with Crippen molar-refractivity contribution in [2.45, 2.75) is 13.8 Å². The fourth-order valence-electron chi connectivity index (χ4n) is 1.76. The van der Waals surface area contributed by atoms with Crippen LogP contribution in [0.5, 0.6) is 0 Å². The summed E-state index contributed by atoms with van der Waals surface area (Å²) in [5.41, 5.74) is 0.196. The lowest BCUT2D eigenvalue weighted by Gasteiger charge is -2.09. The molecule has 0 aliphatic heterocycles. The van der Waals surface area contributed by atoms with Gasteiger partial charge in [0.2, 0.25) is 0 Å². The number of aromatic nitrogens is 3. The molecule has 0 N–H and O–H groups in total. The molecule has 8 heteroatoms. The van der Waals surface area contributed by atoms with E-state index in [0.29, 0.717) is 0 Å². The van der Waals surface area contributed by atoms with Crippen LogP contribution in [-0.4, -0.2) is 39.8 Å². The number of nitrogens with zero attached hydrogens (tertiary/aromatic N) is 4. The highest BCUT2D eigenvalue weighted by molar-refractivity contribution is 6.02. The van der Waals surface area contributed by atoms with Gasteiger partial charge in [-0.2, -0.15) is 10.4 Å². The van der Waals surface area contributed by atoms with E-state index in [1.807, 2.05) is 6.07 Å². The molecule has 0 spiro atoms.